The second-order valence-electron chi connectivity index (χ2n) is 3.88. The second kappa shape index (κ2) is 5.62. The Hall–Kier alpha value is -1.65. The monoisotopic (exact) mass is 394 g/mol. The van der Waals surface area contributed by atoms with E-state index in [1.165, 1.54) is 25.2 Å². The highest BCUT2D eigenvalue weighted by atomic mass is 79.9. The van der Waals surface area contributed by atoms with Crippen molar-refractivity contribution in [2.75, 3.05) is 4.72 Å². The molecule has 0 spiro atoms. The molecule has 1 aromatic heterocycles. The van der Waals surface area contributed by atoms with Crippen LogP contribution >= 0.6 is 27.5 Å². The maximum atomic E-state index is 12.3. The molecule has 0 bridgehead atoms. The van der Waals surface area contributed by atoms with Crippen LogP contribution in [0.25, 0.3) is 0 Å². The number of halogens is 2. The lowest BCUT2D eigenvalue weighted by Gasteiger charge is -2.12. The molecule has 2 N–H and O–H groups in total. The predicted octanol–water partition coefficient (Wildman–Crippen LogP) is 1.73. The van der Waals surface area contributed by atoms with Gasteiger partial charge in [-0.15, -0.1) is 5.10 Å². The third kappa shape index (κ3) is 3.01. The van der Waals surface area contributed by atoms with Crippen molar-refractivity contribution in [3.05, 3.63) is 33.4 Å². The number of aromatic carboxylic acids is 1. The van der Waals surface area contributed by atoms with E-state index in [2.05, 4.69) is 31.0 Å². The predicted molar refractivity (Wildman–Crippen MR) is 77.9 cm³/mol. The molecule has 0 aliphatic carbocycles. The first-order chi connectivity index (χ1) is 9.74. The molecule has 0 fully saturated rings. The molecule has 0 aliphatic rings. The minimum Gasteiger partial charge on any atom is -0.478 e. The molecule has 0 saturated carbocycles. The molecule has 8 nitrogen and oxygen atoms in total. The van der Waals surface area contributed by atoms with Gasteiger partial charge in [0.25, 0.3) is 10.0 Å². The van der Waals surface area contributed by atoms with Gasteiger partial charge < -0.3 is 5.11 Å². The Bertz CT molecular complexity index is 801. The van der Waals surface area contributed by atoms with Crippen LogP contribution in [0.15, 0.2) is 27.8 Å². The molecular formula is C10H8BrClN4O4S. The van der Waals surface area contributed by atoms with Crippen LogP contribution in [0, 0.1) is 0 Å². The van der Waals surface area contributed by atoms with Crippen molar-refractivity contribution < 1.29 is 18.3 Å². The van der Waals surface area contributed by atoms with Crippen molar-refractivity contribution in [1.29, 1.82) is 0 Å². The second-order valence-corrected chi connectivity index (χ2v) is 6.64. The average molecular weight is 396 g/mol. The van der Waals surface area contributed by atoms with E-state index < -0.39 is 16.0 Å². The zero-order valence-electron chi connectivity index (χ0n) is 10.4. The third-order valence-electron chi connectivity index (χ3n) is 2.47. The van der Waals surface area contributed by atoms with Gasteiger partial charge in [0, 0.05) is 7.05 Å². The van der Waals surface area contributed by atoms with Crippen molar-refractivity contribution in [3.8, 4) is 0 Å². The summed E-state index contributed by atoms with van der Waals surface area (Å²) in [7, 11) is -2.73. The van der Waals surface area contributed by atoms with Gasteiger partial charge in [-0.1, -0.05) is 22.9 Å². The van der Waals surface area contributed by atoms with Gasteiger partial charge in [0.1, 0.15) is 0 Å². The van der Waals surface area contributed by atoms with Crippen LogP contribution in [-0.4, -0.2) is 34.5 Å². The van der Waals surface area contributed by atoms with Crippen molar-refractivity contribution >= 4 is 49.2 Å². The smallest absolute Gasteiger partial charge is 0.337 e. The van der Waals surface area contributed by atoms with Crippen molar-refractivity contribution in [1.82, 2.24) is 15.0 Å². The summed E-state index contributed by atoms with van der Waals surface area (Å²) in [6.45, 7) is 0. The lowest BCUT2D eigenvalue weighted by Crippen LogP contribution is -2.19. The van der Waals surface area contributed by atoms with Crippen LogP contribution in [-0.2, 0) is 17.1 Å². The number of hydrogen-bond acceptors (Lipinski definition) is 5. The van der Waals surface area contributed by atoms with E-state index >= 15 is 0 Å². The summed E-state index contributed by atoms with van der Waals surface area (Å²) >= 11 is 8.85. The number of aromatic nitrogens is 3. The van der Waals surface area contributed by atoms with E-state index in [0.717, 1.165) is 4.68 Å². The maximum Gasteiger partial charge on any atom is 0.337 e. The average Bonchev–Trinajstić information content (AvgIpc) is 2.71. The summed E-state index contributed by atoms with van der Waals surface area (Å²) < 4.78 is 27.9. The first-order valence-electron chi connectivity index (χ1n) is 5.34. The van der Waals surface area contributed by atoms with Crippen LogP contribution in [0.3, 0.4) is 0 Å². The van der Waals surface area contributed by atoms with Crippen LogP contribution in [0.2, 0.25) is 5.02 Å². The van der Waals surface area contributed by atoms with E-state index in [0.29, 0.717) is 0 Å². The molecule has 0 saturated heterocycles. The fraction of sp³-hybridized carbons (Fsp3) is 0.100. The number of anilines is 1. The van der Waals surface area contributed by atoms with Crippen molar-refractivity contribution in [2.45, 2.75) is 5.03 Å². The number of carboxylic acid groups (broad SMARTS) is 1. The number of nitrogens with one attached hydrogen (secondary N) is 1. The normalized spacial score (nSPS) is 11.4. The van der Waals surface area contributed by atoms with E-state index in [1.807, 2.05) is 0 Å². The number of benzene rings is 1. The highest BCUT2D eigenvalue weighted by Gasteiger charge is 2.26. The summed E-state index contributed by atoms with van der Waals surface area (Å²) in [6.07, 6.45) is 0. The Morgan fingerprint density at radius 2 is 2.14 bits per heavy atom. The first-order valence-corrected chi connectivity index (χ1v) is 7.99. The highest BCUT2D eigenvalue weighted by Crippen LogP contribution is 2.29. The van der Waals surface area contributed by atoms with Gasteiger partial charge in [0.05, 0.1) is 16.3 Å². The summed E-state index contributed by atoms with van der Waals surface area (Å²) in [5.74, 6) is -1.31. The third-order valence-corrected chi connectivity index (χ3v) is 5.02. The molecule has 0 aliphatic heterocycles. The van der Waals surface area contributed by atoms with Gasteiger partial charge in [-0.25, -0.2) is 9.48 Å². The van der Waals surface area contributed by atoms with Crippen LogP contribution < -0.4 is 4.72 Å². The number of nitrogens with zero attached hydrogens (tertiary/aromatic N) is 3. The Balaban J connectivity index is 2.55. The summed E-state index contributed by atoms with van der Waals surface area (Å²) in [4.78, 5) is 11.1. The Kier molecular flexibility index (Phi) is 4.21. The number of hydrogen-bond donors (Lipinski definition) is 2. The van der Waals surface area contributed by atoms with Gasteiger partial charge in [0.2, 0.25) is 5.03 Å². The molecular weight excluding hydrogens is 388 g/mol. The molecule has 0 radical (unpaired) electrons. The molecule has 21 heavy (non-hydrogen) atoms. The lowest BCUT2D eigenvalue weighted by molar-refractivity contribution is 0.0698. The molecule has 11 heteroatoms. The standard InChI is InChI=1S/C10H8BrClN4O4S/c1-16-9(8(11)13-15-16)21(19,20)14-7-5(10(17)18)3-2-4-6(7)12/h2-4,14H,1H3,(H,17,18). The van der Waals surface area contributed by atoms with E-state index in [9.17, 15) is 13.2 Å². The van der Waals surface area contributed by atoms with Gasteiger partial charge in [-0.2, -0.15) is 8.42 Å². The maximum absolute atomic E-state index is 12.3. The molecule has 1 aromatic carbocycles. The zero-order valence-corrected chi connectivity index (χ0v) is 13.6. The van der Waals surface area contributed by atoms with Gasteiger partial charge >= 0.3 is 5.97 Å². The molecule has 2 rings (SSSR count). The number of carbonyl (C=O) groups is 1. The number of rotatable bonds is 4. The molecule has 0 unspecified atom stereocenters. The molecule has 0 amide bonds. The highest BCUT2D eigenvalue weighted by molar-refractivity contribution is 9.10. The van der Waals surface area contributed by atoms with Crippen molar-refractivity contribution in [2.24, 2.45) is 7.05 Å². The molecule has 112 valence electrons. The minimum atomic E-state index is -4.12. The van der Waals surface area contributed by atoms with E-state index in [-0.39, 0.29) is 25.9 Å². The number of sulfonamides is 1. The van der Waals surface area contributed by atoms with E-state index in [1.54, 1.807) is 0 Å². The topological polar surface area (TPSA) is 114 Å². The summed E-state index contributed by atoms with van der Waals surface area (Å²) in [6, 6.07) is 4.02. The van der Waals surface area contributed by atoms with Crippen LogP contribution in [0.1, 0.15) is 10.4 Å². The number of aryl methyl sites for hydroxylation is 1. The lowest BCUT2D eigenvalue weighted by atomic mass is 10.2. The van der Waals surface area contributed by atoms with Crippen LogP contribution in [0.4, 0.5) is 5.69 Å². The minimum absolute atomic E-state index is 0.00132. The molecule has 2 aromatic rings. The quantitative estimate of drug-likeness (QED) is 0.815. The zero-order chi connectivity index (χ0) is 15.8. The van der Waals surface area contributed by atoms with Crippen LogP contribution in [0.5, 0.6) is 0 Å². The van der Waals surface area contributed by atoms with Gasteiger partial charge in [0.15, 0.2) is 4.60 Å². The number of para-hydroxylation sites is 1. The Labute approximate surface area is 132 Å². The Morgan fingerprint density at radius 3 is 2.67 bits per heavy atom. The fourth-order valence-electron chi connectivity index (χ4n) is 1.60. The first kappa shape index (κ1) is 15.7. The van der Waals surface area contributed by atoms with Gasteiger partial charge in [-0.3, -0.25) is 4.72 Å². The van der Waals surface area contributed by atoms with Gasteiger partial charge in [-0.05, 0) is 28.1 Å². The largest absolute Gasteiger partial charge is 0.478 e. The SMILES string of the molecule is Cn1nnc(Br)c1S(=O)(=O)Nc1c(Cl)cccc1C(=O)O. The molecule has 0 atom stereocenters. The Morgan fingerprint density at radius 1 is 1.48 bits per heavy atom. The fourth-order valence-corrected chi connectivity index (χ4v) is 4.07. The number of carboxylic acids is 1. The van der Waals surface area contributed by atoms with Crippen molar-refractivity contribution in [3.63, 3.8) is 0 Å². The molecule has 1 heterocycles. The summed E-state index contributed by atoms with van der Waals surface area (Å²) in [5.41, 5.74) is -0.489. The van der Waals surface area contributed by atoms with E-state index in [4.69, 9.17) is 16.7 Å². The summed E-state index contributed by atoms with van der Waals surface area (Å²) in [5, 5.41) is 15.9.